The Morgan fingerprint density at radius 2 is 2.00 bits per heavy atom. The Morgan fingerprint density at radius 3 is 2.89 bits per heavy atom. The minimum Gasteiger partial charge on any atom is -0.327 e. The van der Waals surface area contributed by atoms with Crippen molar-refractivity contribution in [2.24, 2.45) is 0 Å². The summed E-state index contributed by atoms with van der Waals surface area (Å²) in [6, 6.07) is 2.72. The first-order valence-electron chi connectivity index (χ1n) is 6.28. The third kappa shape index (κ3) is 1.99. The van der Waals surface area contributed by atoms with E-state index in [0.29, 0.717) is 17.1 Å². The molecule has 0 bridgehead atoms. The standard InChI is InChI=1S/C13H15F2N3/c14-10-6-12-13(7-11(10)15)18(8-17-12)9-2-1-4-16-5-3-9/h6-9,16H,1-5H2. The third-order valence-electron chi connectivity index (χ3n) is 3.56. The van der Waals surface area contributed by atoms with Crippen LogP contribution in [0.5, 0.6) is 0 Å². The van der Waals surface area contributed by atoms with Gasteiger partial charge in [0, 0.05) is 18.2 Å². The molecule has 3 rings (SSSR count). The molecular weight excluding hydrogens is 236 g/mol. The van der Waals surface area contributed by atoms with Crippen LogP contribution in [-0.4, -0.2) is 22.6 Å². The molecular formula is C13H15F2N3. The van der Waals surface area contributed by atoms with E-state index in [1.54, 1.807) is 6.33 Å². The molecule has 2 aromatic rings. The lowest BCUT2D eigenvalue weighted by Crippen LogP contribution is -2.15. The molecule has 2 heterocycles. The monoisotopic (exact) mass is 251 g/mol. The summed E-state index contributed by atoms with van der Waals surface area (Å²) in [7, 11) is 0. The predicted molar refractivity (Wildman–Crippen MR) is 65.4 cm³/mol. The lowest BCUT2D eigenvalue weighted by Gasteiger charge is -2.16. The molecule has 96 valence electrons. The molecule has 0 saturated carbocycles. The lowest BCUT2D eigenvalue weighted by atomic mass is 10.1. The number of imidazole rings is 1. The minimum absolute atomic E-state index is 0.315. The maximum Gasteiger partial charge on any atom is 0.161 e. The van der Waals surface area contributed by atoms with Crippen LogP contribution in [0.15, 0.2) is 18.5 Å². The Labute approximate surface area is 104 Å². The van der Waals surface area contributed by atoms with Crippen molar-refractivity contribution in [3.05, 3.63) is 30.1 Å². The van der Waals surface area contributed by atoms with Crippen LogP contribution < -0.4 is 5.32 Å². The molecule has 1 atom stereocenters. The number of rotatable bonds is 1. The Bertz CT molecular complexity index is 557. The highest BCUT2D eigenvalue weighted by Crippen LogP contribution is 2.26. The molecule has 1 unspecified atom stereocenters. The average molecular weight is 251 g/mol. The number of halogens is 2. The van der Waals surface area contributed by atoms with Crippen LogP contribution in [0.25, 0.3) is 11.0 Å². The van der Waals surface area contributed by atoms with Crippen molar-refractivity contribution in [3.8, 4) is 0 Å². The van der Waals surface area contributed by atoms with Crippen molar-refractivity contribution in [1.29, 1.82) is 0 Å². The van der Waals surface area contributed by atoms with Crippen LogP contribution in [0.2, 0.25) is 0 Å². The predicted octanol–water partition coefficient (Wildman–Crippen LogP) is 2.63. The molecule has 1 N–H and O–H groups in total. The normalized spacial score (nSPS) is 21.1. The summed E-state index contributed by atoms with van der Waals surface area (Å²) in [5, 5.41) is 3.34. The van der Waals surface area contributed by atoms with E-state index in [1.165, 1.54) is 6.07 Å². The summed E-state index contributed by atoms with van der Waals surface area (Å²) in [6.45, 7) is 1.97. The maximum atomic E-state index is 13.3. The number of aromatic nitrogens is 2. The summed E-state index contributed by atoms with van der Waals surface area (Å²) in [5.41, 5.74) is 1.20. The van der Waals surface area contributed by atoms with Crippen LogP contribution in [0, 0.1) is 11.6 Å². The third-order valence-corrected chi connectivity index (χ3v) is 3.56. The first kappa shape index (κ1) is 11.6. The smallest absolute Gasteiger partial charge is 0.161 e. The fourth-order valence-electron chi connectivity index (χ4n) is 2.59. The van der Waals surface area contributed by atoms with E-state index in [0.717, 1.165) is 38.4 Å². The second-order valence-corrected chi connectivity index (χ2v) is 4.74. The van der Waals surface area contributed by atoms with E-state index < -0.39 is 11.6 Å². The van der Waals surface area contributed by atoms with Gasteiger partial charge in [-0.05, 0) is 32.4 Å². The van der Waals surface area contributed by atoms with Gasteiger partial charge in [0.05, 0.1) is 17.4 Å². The van der Waals surface area contributed by atoms with Gasteiger partial charge in [-0.25, -0.2) is 13.8 Å². The summed E-state index contributed by atoms with van der Waals surface area (Å²) in [5.74, 6) is -1.65. The van der Waals surface area contributed by atoms with E-state index in [1.807, 2.05) is 4.57 Å². The first-order chi connectivity index (χ1) is 8.75. The molecule has 5 heteroatoms. The molecule has 1 aromatic carbocycles. The van der Waals surface area contributed by atoms with Crippen molar-refractivity contribution in [3.63, 3.8) is 0 Å². The maximum absolute atomic E-state index is 13.3. The molecule has 1 fully saturated rings. The number of hydrogen-bond acceptors (Lipinski definition) is 2. The zero-order valence-electron chi connectivity index (χ0n) is 10.00. The highest BCUT2D eigenvalue weighted by atomic mass is 19.2. The number of hydrogen-bond donors (Lipinski definition) is 1. The summed E-state index contributed by atoms with van der Waals surface area (Å²) >= 11 is 0. The van der Waals surface area contributed by atoms with Gasteiger partial charge in [0.25, 0.3) is 0 Å². The quantitative estimate of drug-likeness (QED) is 0.844. The van der Waals surface area contributed by atoms with E-state index in [2.05, 4.69) is 10.3 Å². The number of nitrogens with one attached hydrogen (secondary N) is 1. The van der Waals surface area contributed by atoms with Gasteiger partial charge in [0.2, 0.25) is 0 Å². The molecule has 1 aromatic heterocycles. The summed E-state index contributed by atoms with van der Waals surface area (Å²) in [6.07, 6.45) is 4.81. The van der Waals surface area contributed by atoms with E-state index in [4.69, 9.17) is 0 Å². The number of fused-ring (bicyclic) bond motifs is 1. The Balaban J connectivity index is 2.03. The number of benzene rings is 1. The molecule has 0 spiro atoms. The van der Waals surface area contributed by atoms with Crippen LogP contribution in [0.1, 0.15) is 25.3 Å². The van der Waals surface area contributed by atoms with Crippen LogP contribution in [-0.2, 0) is 0 Å². The van der Waals surface area contributed by atoms with E-state index in [-0.39, 0.29) is 0 Å². The molecule has 1 aliphatic heterocycles. The van der Waals surface area contributed by atoms with Crippen molar-refractivity contribution < 1.29 is 8.78 Å². The van der Waals surface area contributed by atoms with Gasteiger partial charge in [-0.3, -0.25) is 0 Å². The van der Waals surface area contributed by atoms with Gasteiger partial charge >= 0.3 is 0 Å². The summed E-state index contributed by atoms with van der Waals surface area (Å²) < 4.78 is 28.4. The topological polar surface area (TPSA) is 29.9 Å². The zero-order valence-corrected chi connectivity index (χ0v) is 10.00. The molecule has 1 aliphatic rings. The Hall–Kier alpha value is -1.49. The largest absolute Gasteiger partial charge is 0.327 e. The van der Waals surface area contributed by atoms with Gasteiger partial charge in [-0.1, -0.05) is 0 Å². The van der Waals surface area contributed by atoms with Crippen molar-refractivity contribution in [2.45, 2.75) is 25.3 Å². The highest BCUT2D eigenvalue weighted by molar-refractivity contribution is 5.75. The Kier molecular flexibility index (Phi) is 2.99. The second kappa shape index (κ2) is 4.65. The van der Waals surface area contributed by atoms with Gasteiger partial charge in [0.1, 0.15) is 0 Å². The average Bonchev–Trinajstić information content (AvgIpc) is 2.61. The molecule has 3 nitrogen and oxygen atoms in total. The molecule has 0 amide bonds. The van der Waals surface area contributed by atoms with Gasteiger partial charge < -0.3 is 9.88 Å². The fourth-order valence-corrected chi connectivity index (χ4v) is 2.59. The van der Waals surface area contributed by atoms with Crippen LogP contribution in [0.4, 0.5) is 8.78 Å². The van der Waals surface area contributed by atoms with Crippen molar-refractivity contribution in [1.82, 2.24) is 14.9 Å². The highest BCUT2D eigenvalue weighted by Gasteiger charge is 2.17. The first-order valence-corrected chi connectivity index (χ1v) is 6.28. The van der Waals surface area contributed by atoms with Crippen molar-refractivity contribution in [2.75, 3.05) is 13.1 Å². The fraction of sp³-hybridized carbons (Fsp3) is 0.462. The van der Waals surface area contributed by atoms with Gasteiger partial charge in [-0.2, -0.15) is 0 Å². The van der Waals surface area contributed by atoms with E-state index >= 15 is 0 Å². The van der Waals surface area contributed by atoms with Crippen LogP contribution in [0.3, 0.4) is 0 Å². The SMILES string of the molecule is Fc1cc2ncn(C3CCCNCC3)c2cc1F. The van der Waals surface area contributed by atoms with Crippen LogP contribution >= 0.6 is 0 Å². The zero-order chi connectivity index (χ0) is 12.5. The van der Waals surface area contributed by atoms with Gasteiger partial charge in [0.15, 0.2) is 11.6 Å². The van der Waals surface area contributed by atoms with Gasteiger partial charge in [-0.15, -0.1) is 0 Å². The summed E-state index contributed by atoms with van der Waals surface area (Å²) in [4.78, 5) is 4.16. The second-order valence-electron chi connectivity index (χ2n) is 4.74. The molecule has 1 saturated heterocycles. The molecule has 0 aliphatic carbocycles. The van der Waals surface area contributed by atoms with Crippen molar-refractivity contribution >= 4 is 11.0 Å². The molecule has 18 heavy (non-hydrogen) atoms. The molecule has 0 radical (unpaired) electrons. The minimum atomic E-state index is -0.838. The number of nitrogens with zero attached hydrogens (tertiary/aromatic N) is 2. The Morgan fingerprint density at radius 1 is 1.17 bits per heavy atom. The lowest BCUT2D eigenvalue weighted by molar-refractivity contribution is 0.463. The van der Waals surface area contributed by atoms with E-state index in [9.17, 15) is 8.78 Å².